The maximum absolute atomic E-state index is 6.34. The number of anilines is 2. The van der Waals surface area contributed by atoms with Crippen LogP contribution in [0.25, 0.3) is 0 Å². The lowest BCUT2D eigenvalue weighted by Crippen LogP contribution is -2.51. The Morgan fingerprint density at radius 2 is 1.59 bits per heavy atom. The summed E-state index contributed by atoms with van der Waals surface area (Å²) >= 11 is 5.99. The lowest BCUT2D eigenvalue weighted by molar-refractivity contribution is 0.122. The van der Waals surface area contributed by atoms with E-state index in [1.54, 1.807) is 0 Å². The van der Waals surface area contributed by atoms with Crippen molar-refractivity contribution in [1.29, 1.82) is 0 Å². The van der Waals surface area contributed by atoms with Crippen LogP contribution >= 0.6 is 11.6 Å². The zero-order valence-electron chi connectivity index (χ0n) is 16.6. The van der Waals surface area contributed by atoms with Crippen molar-refractivity contribution in [3.8, 4) is 0 Å². The van der Waals surface area contributed by atoms with Gasteiger partial charge in [-0.3, -0.25) is 0 Å². The van der Waals surface area contributed by atoms with E-state index in [0.29, 0.717) is 12.5 Å². The molecule has 29 heavy (non-hydrogen) atoms. The third-order valence-electron chi connectivity index (χ3n) is 5.55. The average molecular weight is 414 g/mol. The highest BCUT2D eigenvalue weighted by Gasteiger charge is 2.19. The largest absolute Gasteiger partial charge is 0.378 e. The molecule has 2 aromatic carbocycles. The third kappa shape index (κ3) is 4.95. The van der Waals surface area contributed by atoms with Gasteiger partial charge in [0.2, 0.25) is 0 Å². The first-order valence-corrected chi connectivity index (χ1v) is 10.5. The van der Waals surface area contributed by atoms with E-state index in [-0.39, 0.29) is 0 Å². The highest BCUT2D eigenvalue weighted by atomic mass is 35.5. The van der Waals surface area contributed by atoms with Gasteiger partial charge >= 0.3 is 0 Å². The third-order valence-corrected chi connectivity index (χ3v) is 5.80. The number of aliphatic imine (C=N–C) groups is 1. The topological polar surface area (TPSA) is 57.3 Å². The molecule has 2 saturated heterocycles. The maximum Gasteiger partial charge on any atom is 0.191 e. The van der Waals surface area contributed by atoms with Crippen molar-refractivity contribution in [2.24, 2.45) is 10.7 Å². The Kier molecular flexibility index (Phi) is 6.42. The molecule has 0 radical (unpaired) electrons. The number of nitrogens with zero attached hydrogens (tertiary/aromatic N) is 4. The number of rotatable bonds is 4. The molecule has 6 nitrogen and oxygen atoms in total. The highest BCUT2D eigenvalue weighted by Crippen LogP contribution is 2.23. The summed E-state index contributed by atoms with van der Waals surface area (Å²) in [5.74, 6) is 0.623. The van der Waals surface area contributed by atoms with E-state index in [1.807, 2.05) is 12.1 Å². The van der Waals surface area contributed by atoms with Gasteiger partial charge in [0.15, 0.2) is 5.96 Å². The summed E-state index contributed by atoms with van der Waals surface area (Å²) in [6.45, 7) is 7.55. The van der Waals surface area contributed by atoms with Gasteiger partial charge in [-0.1, -0.05) is 29.8 Å². The molecule has 2 fully saturated rings. The monoisotopic (exact) mass is 413 g/mol. The van der Waals surface area contributed by atoms with Crippen LogP contribution in [0, 0.1) is 0 Å². The van der Waals surface area contributed by atoms with Crippen molar-refractivity contribution in [1.82, 2.24) is 4.90 Å². The van der Waals surface area contributed by atoms with Crippen molar-refractivity contribution in [2.75, 3.05) is 62.3 Å². The number of morpholine rings is 1. The van der Waals surface area contributed by atoms with Gasteiger partial charge in [0, 0.05) is 55.7 Å². The fourth-order valence-electron chi connectivity index (χ4n) is 3.87. The first-order chi connectivity index (χ1) is 14.2. The van der Waals surface area contributed by atoms with Crippen LogP contribution in [0.2, 0.25) is 5.02 Å². The van der Waals surface area contributed by atoms with Crippen molar-refractivity contribution in [3.05, 3.63) is 59.1 Å². The van der Waals surface area contributed by atoms with Crippen LogP contribution in [0.5, 0.6) is 0 Å². The van der Waals surface area contributed by atoms with Gasteiger partial charge in [0.25, 0.3) is 0 Å². The molecule has 4 rings (SSSR count). The van der Waals surface area contributed by atoms with Gasteiger partial charge in [0.1, 0.15) is 0 Å². The molecule has 0 aromatic heterocycles. The highest BCUT2D eigenvalue weighted by molar-refractivity contribution is 6.30. The lowest BCUT2D eigenvalue weighted by Gasteiger charge is -2.36. The normalized spacial score (nSPS) is 18.2. The maximum atomic E-state index is 6.34. The van der Waals surface area contributed by atoms with Crippen LogP contribution in [-0.2, 0) is 11.3 Å². The number of benzene rings is 2. The van der Waals surface area contributed by atoms with Crippen LogP contribution in [0.3, 0.4) is 0 Å². The van der Waals surface area contributed by atoms with Crippen LogP contribution in [-0.4, -0.2) is 63.3 Å². The second-order valence-corrected chi connectivity index (χ2v) is 7.79. The van der Waals surface area contributed by atoms with E-state index in [0.717, 1.165) is 57.5 Å². The second-order valence-electron chi connectivity index (χ2n) is 7.35. The van der Waals surface area contributed by atoms with Crippen molar-refractivity contribution >= 4 is 28.9 Å². The van der Waals surface area contributed by atoms with E-state index in [9.17, 15) is 0 Å². The molecule has 2 aliphatic rings. The number of hydrogen-bond donors (Lipinski definition) is 1. The van der Waals surface area contributed by atoms with Crippen LogP contribution in [0.15, 0.2) is 53.5 Å². The molecule has 2 aliphatic heterocycles. The van der Waals surface area contributed by atoms with Gasteiger partial charge in [-0.2, -0.15) is 0 Å². The van der Waals surface area contributed by atoms with Gasteiger partial charge in [-0.05, 0) is 35.9 Å². The summed E-state index contributed by atoms with van der Waals surface area (Å²) in [5, 5.41) is 0.765. The molecule has 0 bridgehead atoms. The minimum Gasteiger partial charge on any atom is -0.378 e. The summed E-state index contributed by atoms with van der Waals surface area (Å²) in [6, 6.07) is 16.5. The lowest BCUT2D eigenvalue weighted by atomic mass is 10.1. The van der Waals surface area contributed by atoms with Gasteiger partial charge in [-0.25, -0.2) is 4.99 Å². The quantitative estimate of drug-likeness (QED) is 0.617. The Morgan fingerprint density at radius 1 is 0.897 bits per heavy atom. The van der Waals surface area contributed by atoms with E-state index < -0.39 is 0 Å². The fraction of sp³-hybridized carbons (Fsp3) is 0.409. The Hall–Kier alpha value is -2.44. The molecule has 0 amide bonds. The molecule has 2 aromatic rings. The van der Waals surface area contributed by atoms with Crippen molar-refractivity contribution < 1.29 is 4.74 Å². The van der Waals surface area contributed by atoms with Gasteiger partial charge < -0.3 is 25.2 Å². The molecule has 154 valence electrons. The molecule has 0 spiro atoms. The number of guanidine groups is 1. The summed E-state index contributed by atoms with van der Waals surface area (Å²) in [5.41, 5.74) is 9.98. The SMILES string of the molecule is NC(=NCc1ccccc1N1CCOCC1)N1CCN(c2ccc(Cl)cc2)CC1. The summed E-state index contributed by atoms with van der Waals surface area (Å²) in [6.07, 6.45) is 0. The number of para-hydroxylation sites is 1. The van der Waals surface area contributed by atoms with Crippen LogP contribution in [0.4, 0.5) is 11.4 Å². The predicted molar refractivity (Wildman–Crippen MR) is 120 cm³/mol. The summed E-state index contributed by atoms with van der Waals surface area (Å²) in [7, 11) is 0. The molecule has 7 heteroatoms. The van der Waals surface area contributed by atoms with Crippen molar-refractivity contribution in [3.63, 3.8) is 0 Å². The van der Waals surface area contributed by atoms with Crippen LogP contribution < -0.4 is 15.5 Å². The van der Waals surface area contributed by atoms with Gasteiger partial charge in [0.05, 0.1) is 19.8 Å². The molecular weight excluding hydrogens is 386 g/mol. The Labute approximate surface area is 177 Å². The number of ether oxygens (including phenoxy) is 1. The molecule has 2 N–H and O–H groups in total. The molecule has 0 atom stereocenters. The van der Waals surface area contributed by atoms with E-state index in [2.05, 4.69) is 51.1 Å². The first kappa shape index (κ1) is 19.9. The number of halogens is 1. The van der Waals surface area contributed by atoms with E-state index in [1.165, 1.54) is 16.9 Å². The Balaban J connectivity index is 1.36. The van der Waals surface area contributed by atoms with Gasteiger partial charge in [-0.15, -0.1) is 0 Å². The number of nitrogens with two attached hydrogens (primary N) is 1. The minimum absolute atomic E-state index is 0.594. The zero-order valence-corrected chi connectivity index (χ0v) is 17.4. The molecular formula is C22H28ClN5O. The molecule has 0 saturated carbocycles. The average Bonchev–Trinajstić information content (AvgIpc) is 2.79. The minimum atomic E-state index is 0.594. The Morgan fingerprint density at radius 3 is 2.31 bits per heavy atom. The smallest absolute Gasteiger partial charge is 0.191 e. The summed E-state index contributed by atoms with van der Waals surface area (Å²) in [4.78, 5) is 11.6. The first-order valence-electron chi connectivity index (χ1n) is 10.2. The fourth-order valence-corrected chi connectivity index (χ4v) is 4.00. The molecule has 0 aliphatic carbocycles. The molecule has 0 unspecified atom stereocenters. The summed E-state index contributed by atoms with van der Waals surface area (Å²) < 4.78 is 5.48. The number of piperazine rings is 1. The van der Waals surface area contributed by atoms with E-state index >= 15 is 0 Å². The second kappa shape index (κ2) is 9.37. The van der Waals surface area contributed by atoms with Crippen molar-refractivity contribution in [2.45, 2.75) is 6.54 Å². The van der Waals surface area contributed by atoms with Crippen LogP contribution in [0.1, 0.15) is 5.56 Å². The number of hydrogen-bond acceptors (Lipinski definition) is 4. The molecule has 2 heterocycles. The zero-order chi connectivity index (χ0) is 20.1. The Bertz CT molecular complexity index is 827. The van der Waals surface area contributed by atoms with E-state index in [4.69, 9.17) is 27.1 Å². The predicted octanol–water partition coefficient (Wildman–Crippen LogP) is 2.81. The standard InChI is InChI=1S/C22H28ClN5O/c23-19-5-7-20(8-6-19)26-9-11-28(12-10-26)22(24)25-17-18-3-1-2-4-21(18)27-13-15-29-16-14-27/h1-8H,9-17H2,(H2,24,25).